The molecule has 3 N–H and O–H groups in total. The van der Waals surface area contributed by atoms with Crippen LogP contribution in [0.3, 0.4) is 0 Å². The average molecular weight is 207 g/mol. The molecule has 2 rings (SSSR count). The van der Waals surface area contributed by atoms with Crippen LogP contribution in [0.1, 0.15) is 11.5 Å². The van der Waals surface area contributed by atoms with Gasteiger partial charge in [0.05, 0.1) is 6.10 Å². The average Bonchev–Trinajstić information content (AvgIpc) is 2.61. The van der Waals surface area contributed by atoms with Gasteiger partial charge in [0.2, 0.25) is 0 Å². The number of carboxylic acid groups (broad SMARTS) is 1. The fourth-order valence-corrected chi connectivity index (χ4v) is 1.98. The van der Waals surface area contributed by atoms with Crippen molar-refractivity contribution in [2.45, 2.75) is 18.1 Å². The summed E-state index contributed by atoms with van der Waals surface area (Å²) in [7, 11) is 0. The predicted octanol–water partition coefficient (Wildman–Crippen LogP) is 0.187. The van der Waals surface area contributed by atoms with Crippen molar-refractivity contribution in [3.8, 4) is 0 Å². The van der Waals surface area contributed by atoms with Crippen molar-refractivity contribution in [1.82, 2.24) is 5.32 Å². The van der Waals surface area contributed by atoms with Crippen molar-refractivity contribution in [2.24, 2.45) is 0 Å². The van der Waals surface area contributed by atoms with E-state index in [1.54, 1.807) is 0 Å². The van der Waals surface area contributed by atoms with Gasteiger partial charge in [0.25, 0.3) is 0 Å². The second-order valence-electron chi connectivity index (χ2n) is 3.73. The van der Waals surface area contributed by atoms with Gasteiger partial charge in [-0.25, -0.2) is 0 Å². The molecule has 0 saturated carbocycles. The van der Waals surface area contributed by atoms with Crippen LogP contribution in [0.5, 0.6) is 0 Å². The first-order valence-electron chi connectivity index (χ1n) is 4.89. The van der Waals surface area contributed by atoms with Crippen LogP contribution in [-0.4, -0.2) is 34.9 Å². The highest BCUT2D eigenvalue weighted by molar-refractivity contribution is 5.75. The Labute approximate surface area is 87.6 Å². The molecule has 4 nitrogen and oxygen atoms in total. The summed E-state index contributed by atoms with van der Waals surface area (Å²) in [5.41, 5.74) is 0.973. The standard InChI is InChI=1S/C11H13NO3/c13-10-8(6-12-9(10)11(14)15)7-4-2-1-3-5-7/h1-5,8-10,12-13H,6H2,(H,14,15)/t8-,9-,10+/m0/s1. The number of aliphatic hydroxyl groups excluding tert-OH is 1. The number of hydrogen-bond donors (Lipinski definition) is 3. The second kappa shape index (κ2) is 4.00. The summed E-state index contributed by atoms with van der Waals surface area (Å²) in [6.07, 6.45) is -0.857. The molecular formula is C11H13NO3. The van der Waals surface area contributed by atoms with E-state index in [-0.39, 0.29) is 5.92 Å². The van der Waals surface area contributed by atoms with Crippen LogP contribution in [-0.2, 0) is 4.79 Å². The molecule has 1 fully saturated rings. The number of benzene rings is 1. The predicted molar refractivity (Wildman–Crippen MR) is 54.6 cm³/mol. The highest BCUT2D eigenvalue weighted by Gasteiger charge is 2.39. The number of carbonyl (C=O) groups is 1. The van der Waals surface area contributed by atoms with Gasteiger partial charge in [0.15, 0.2) is 0 Å². The fourth-order valence-electron chi connectivity index (χ4n) is 1.98. The van der Waals surface area contributed by atoms with E-state index in [0.717, 1.165) is 5.56 Å². The van der Waals surface area contributed by atoms with E-state index >= 15 is 0 Å². The summed E-state index contributed by atoms with van der Waals surface area (Å²) < 4.78 is 0. The van der Waals surface area contributed by atoms with Gasteiger partial charge in [-0.1, -0.05) is 30.3 Å². The molecular weight excluding hydrogens is 194 g/mol. The van der Waals surface area contributed by atoms with Crippen LogP contribution in [0.4, 0.5) is 0 Å². The lowest BCUT2D eigenvalue weighted by molar-refractivity contribution is -0.141. The normalized spacial score (nSPS) is 30.3. The van der Waals surface area contributed by atoms with Crippen LogP contribution in [0.25, 0.3) is 0 Å². The number of aliphatic carboxylic acids is 1. The Morgan fingerprint density at radius 3 is 2.53 bits per heavy atom. The second-order valence-corrected chi connectivity index (χ2v) is 3.73. The quantitative estimate of drug-likeness (QED) is 0.647. The minimum absolute atomic E-state index is 0.132. The Morgan fingerprint density at radius 1 is 1.33 bits per heavy atom. The number of nitrogens with one attached hydrogen (secondary N) is 1. The van der Waals surface area contributed by atoms with Gasteiger partial charge in [-0.2, -0.15) is 0 Å². The Kier molecular flexibility index (Phi) is 2.70. The molecule has 1 aliphatic rings. The first-order chi connectivity index (χ1) is 7.20. The zero-order valence-electron chi connectivity index (χ0n) is 8.13. The van der Waals surface area contributed by atoms with Crippen molar-refractivity contribution >= 4 is 5.97 Å². The topological polar surface area (TPSA) is 69.6 Å². The minimum Gasteiger partial charge on any atom is -0.480 e. The molecule has 0 amide bonds. The van der Waals surface area contributed by atoms with E-state index in [4.69, 9.17) is 5.11 Å². The molecule has 0 aromatic heterocycles. The Hall–Kier alpha value is -1.39. The number of rotatable bonds is 2. The molecule has 1 heterocycles. The summed E-state index contributed by atoms with van der Waals surface area (Å²) in [5, 5.41) is 21.5. The SMILES string of the molecule is O=C(O)[C@H]1NC[C@@H](c2ccccc2)[C@H]1O. The summed E-state index contributed by atoms with van der Waals surface area (Å²) in [5.74, 6) is -1.13. The summed E-state index contributed by atoms with van der Waals surface area (Å²) in [6, 6.07) is 8.62. The lowest BCUT2D eigenvalue weighted by atomic mass is 9.94. The number of aliphatic hydroxyl groups is 1. The van der Waals surface area contributed by atoms with E-state index in [1.165, 1.54) is 0 Å². The summed E-state index contributed by atoms with van der Waals surface area (Å²) >= 11 is 0. The molecule has 1 aromatic rings. The van der Waals surface area contributed by atoms with Crippen molar-refractivity contribution in [2.75, 3.05) is 6.54 Å². The maximum Gasteiger partial charge on any atom is 0.323 e. The van der Waals surface area contributed by atoms with E-state index in [2.05, 4.69) is 5.32 Å². The third-order valence-electron chi connectivity index (χ3n) is 2.81. The van der Waals surface area contributed by atoms with Gasteiger partial charge in [-0.05, 0) is 5.56 Å². The largest absolute Gasteiger partial charge is 0.480 e. The van der Waals surface area contributed by atoms with Gasteiger partial charge in [-0.15, -0.1) is 0 Å². The molecule has 0 unspecified atom stereocenters. The maximum absolute atomic E-state index is 10.8. The molecule has 1 saturated heterocycles. The highest BCUT2D eigenvalue weighted by atomic mass is 16.4. The molecule has 0 radical (unpaired) electrons. The highest BCUT2D eigenvalue weighted by Crippen LogP contribution is 2.25. The number of hydrogen-bond acceptors (Lipinski definition) is 3. The van der Waals surface area contributed by atoms with E-state index in [0.29, 0.717) is 6.54 Å². The van der Waals surface area contributed by atoms with Gasteiger partial charge in [-0.3, -0.25) is 4.79 Å². The Balaban J connectivity index is 2.17. The molecule has 1 aromatic carbocycles. The minimum atomic E-state index is -0.999. The van der Waals surface area contributed by atoms with Crippen molar-refractivity contribution in [3.05, 3.63) is 35.9 Å². The molecule has 15 heavy (non-hydrogen) atoms. The van der Waals surface area contributed by atoms with Gasteiger partial charge in [0.1, 0.15) is 6.04 Å². The summed E-state index contributed by atoms with van der Waals surface area (Å²) in [6.45, 7) is 0.502. The van der Waals surface area contributed by atoms with Crippen LogP contribution in [0, 0.1) is 0 Å². The van der Waals surface area contributed by atoms with Crippen LogP contribution in [0.15, 0.2) is 30.3 Å². The smallest absolute Gasteiger partial charge is 0.323 e. The van der Waals surface area contributed by atoms with E-state index in [9.17, 15) is 9.90 Å². The van der Waals surface area contributed by atoms with Crippen molar-refractivity contribution < 1.29 is 15.0 Å². The Bertz CT molecular complexity index is 352. The van der Waals surface area contributed by atoms with Crippen molar-refractivity contribution in [3.63, 3.8) is 0 Å². The number of carboxylic acids is 1. The molecule has 4 heteroatoms. The zero-order valence-corrected chi connectivity index (χ0v) is 8.13. The van der Waals surface area contributed by atoms with Crippen LogP contribution < -0.4 is 5.32 Å². The molecule has 1 aliphatic heterocycles. The zero-order chi connectivity index (χ0) is 10.8. The van der Waals surface area contributed by atoms with Crippen LogP contribution >= 0.6 is 0 Å². The van der Waals surface area contributed by atoms with E-state index in [1.807, 2.05) is 30.3 Å². The Morgan fingerprint density at radius 2 is 2.00 bits per heavy atom. The van der Waals surface area contributed by atoms with Gasteiger partial charge < -0.3 is 15.5 Å². The monoisotopic (exact) mass is 207 g/mol. The first-order valence-corrected chi connectivity index (χ1v) is 4.89. The lowest BCUT2D eigenvalue weighted by Gasteiger charge is -2.15. The third-order valence-corrected chi connectivity index (χ3v) is 2.81. The van der Waals surface area contributed by atoms with Gasteiger partial charge >= 0.3 is 5.97 Å². The van der Waals surface area contributed by atoms with Crippen LogP contribution in [0.2, 0.25) is 0 Å². The molecule has 80 valence electrons. The van der Waals surface area contributed by atoms with E-state index < -0.39 is 18.1 Å². The fraction of sp³-hybridized carbons (Fsp3) is 0.364. The van der Waals surface area contributed by atoms with Gasteiger partial charge in [0, 0.05) is 12.5 Å². The lowest BCUT2D eigenvalue weighted by Crippen LogP contribution is -2.38. The third kappa shape index (κ3) is 1.86. The summed E-state index contributed by atoms with van der Waals surface area (Å²) in [4.78, 5) is 10.8. The molecule has 0 bridgehead atoms. The molecule has 0 spiro atoms. The maximum atomic E-state index is 10.8. The first kappa shape index (κ1) is 10.1. The van der Waals surface area contributed by atoms with Crippen molar-refractivity contribution in [1.29, 1.82) is 0 Å². The molecule has 0 aliphatic carbocycles. The molecule has 3 atom stereocenters.